The third-order valence-electron chi connectivity index (χ3n) is 5.44. The van der Waals surface area contributed by atoms with Crippen LogP contribution in [0, 0.1) is 16.0 Å². The quantitative estimate of drug-likeness (QED) is 0.409. The molecule has 4 rings (SSSR count). The van der Waals surface area contributed by atoms with Gasteiger partial charge in [0, 0.05) is 25.2 Å². The summed E-state index contributed by atoms with van der Waals surface area (Å²) < 4.78 is 33.4. The molecular formula is C21H25N5O5S. The molecule has 2 heterocycles. The normalized spacial score (nSPS) is 16.3. The van der Waals surface area contributed by atoms with Gasteiger partial charge in [-0.05, 0) is 24.1 Å². The monoisotopic (exact) mass is 459 g/mol. The van der Waals surface area contributed by atoms with E-state index in [-0.39, 0.29) is 48.8 Å². The van der Waals surface area contributed by atoms with Crippen molar-refractivity contribution in [1.82, 2.24) is 14.3 Å². The average Bonchev–Trinajstić information content (AvgIpc) is 3.21. The van der Waals surface area contributed by atoms with Crippen LogP contribution in [0.1, 0.15) is 25.7 Å². The van der Waals surface area contributed by atoms with Crippen molar-refractivity contribution in [3.05, 3.63) is 58.4 Å². The summed E-state index contributed by atoms with van der Waals surface area (Å²) in [5.74, 6) is 0.707. The molecule has 2 aromatic carbocycles. The number of fused-ring (bicyclic) bond motifs is 1. The zero-order valence-electron chi connectivity index (χ0n) is 17.8. The number of hydrogen-bond donors (Lipinski definition) is 2. The van der Waals surface area contributed by atoms with Crippen LogP contribution in [0.2, 0.25) is 0 Å². The minimum Gasteiger partial charge on any atom is -0.379 e. The Morgan fingerprint density at radius 1 is 1.19 bits per heavy atom. The van der Waals surface area contributed by atoms with Gasteiger partial charge in [-0.3, -0.25) is 10.1 Å². The van der Waals surface area contributed by atoms with E-state index in [0.29, 0.717) is 11.5 Å². The number of anilines is 1. The highest BCUT2D eigenvalue weighted by Gasteiger charge is 2.32. The number of ether oxygens (including phenoxy) is 1. The van der Waals surface area contributed by atoms with E-state index >= 15 is 0 Å². The number of H-pyrrole nitrogens is 1. The molecule has 0 bridgehead atoms. The summed E-state index contributed by atoms with van der Waals surface area (Å²) >= 11 is 0. The molecule has 2 N–H and O–H groups in total. The number of benzene rings is 2. The van der Waals surface area contributed by atoms with Gasteiger partial charge in [-0.2, -0.15) is 4.31 Å². The van der Waals surface area contributed by atoms with Gasteiger partial charge < -0.3 is 15.0 Å². The highest BCUT2D eigenvalue weighted by Crippen LogP contribution is 2.34. The molecule has 1 aliphatic rings. The summed E-state index contributed by atoms with van der Waals surface area (Å²) in [6, 6.07) is 11.1. The molecule has 170 valence electrons. The van der Waals surface area contributed by atoms with Gasteiger partial charge >= 0.3 is 0 Å². The van der Waals surface area contributed by atoms with Crippen LogP contribution in [-0.2, 0) is 14.8 Å². The SMILES string of the molecule is CC(C)C(Nc1ccc([N+](=O)[O-])cc1S(=O)(=O)N1CCOCC1)c1nc2ccccc2[nH]1. The van der Waals surface area contributed by atoms with Crippen molar-refractivity contribution in [2.75, 3.05) is 31.6 Å². The number of hydrogen-bond acceptors (Lipinski definition) is 7. The molecule has 3 aromatic rings. The van der Waals surface area contributed by atoms with Gasteiger partial charge in [0.2, 0.25) is 10.0 Å². The van der Waals surface area contributed by atoms with E-state index in [2.05, 4.69) is 15.3 Å². The Hall–Kier alpha value is -3.02. The molecule has 1 fully saturated rings. The lowest BCUT2D eigenvalue weighted by atomic mass is 10.0. The lowest BCUT2D eigenvalue weighted by Gasteiger charge is -2.28. The second-order valence-electron chi connectivity index (χ2n) is 7.96. The molecule has 0 radical (unpaired) electrons. The van der Waals surface area contributed by atoms with Crippen LogP contribution in [0.3, 0.4) is 0 Å². The third-order valence-corrected chi connectivity index (χ3v) is 7.38. The van der Waals surface area contributed by atoms with E-state index in [0.717, 1.165) is 17.1 Å². The largest absolute Gasteiger partial charge is 0.379 e. The zero-order chi connectivity index (χ0) is 22.9. The molecule has 32 heavy (non-hydrogen) atoms. The first-order valence-corrected chi connectivity index (χ1v) is 11.8. The number of aromatic nitrogens is 2. The van der Waals surface area contributed by atoms with E-state index < -0.39 is 14.9 Å². The van der Waals surface area contributed by atoms with Crippen molar-refractivity contribution in [3.63, 3.8) is 0 Å². The predicted molar refractivity (Wildman–Crippen MR) is 120 cm³/mol. The number of non-ortho nitro benzene ring substituents is 1. The van der Waals surface area contributed by atoms with Crippen molar-refractivity contribution >= 4 is 32.4 Å². The number of para-hydroxylation sites is 2. The Balaban J connectivity index is 1.76. The van der Waals surface area contributed by atoms with E-state index in [9.17, 15) is 18.5 Å². The number of nitro groups is 1. The van der Waals surface area contributed by atoms with Crippen LogP contribution in [0.5, 0.6) is 0 Å². The number of rotatable bonds is 7. The van der Waals surface area contributed by atoms with Crippen LogP contribution in [0.25, 0.3) is 11.0 Å². The molecule has 1 unspecified atom stereocenters. The summed E-state index contributed by atoms with van der Waals surface area (Å²) in [5.41, 5.74) is 1.69. The van der Waals surface area contributed by atoms with E-state index in [1.54, 1.807) is 0 Å². The maximum Gasteiger partial charge on any atom is 0.270 e. The minimum absolute atomic E-state index is 0.0460. The maximum atomic E-state index is 13.4. The van der Waals surface area contributed by atoms with Gasteiger partial charge in [-0.25, -0.2) is 13.4 Å². The van der Waals surface area contributed by atoms with Gasteiger partial charge in [-0.1, -0.05) is 26.0 Å². The maximum absolute atomic E-state index is 13.4. The number of imidazole rings is 1. The highest BCUT2D eigenvalue weighted by molar-refractivity contribution is 7.89. The van der Waals surface area contributed by atoms with Crippen LogP contribution in [0.15, 0.2) is 47.4 Å². The molecule has 0 spiro atoms. The predicted octanol–water partition coefficient (Wildman–Crippen LogP) is 3.30. The van der Waals surface area contributed by atoms with Crippen LogP contribution in [0.4, 0.5) is 11.4 Å². The van der Waals surface area contributed by atoms with Crippen molar-refractivity contribution in [2.45, 2.75) is 24.8 Å². The molecule has 11 heteroatoms. The first-order chi connectivity index (χ1) is 15.3. The first kappa shape index (κ1) is 22.2. The lowest BCUT2D eigenvalue weighted by Crippen LogP contribution is -2.40. The van der Waals surface area contributed by atoms with Gasteiger partial charge in [0.1, 0.15) is 10.7 Å². The summed E-state index contributed by atoms with van der Waals surface area (Å²) in [5, 5.41) is 14.6. The van der Waals surface area contributed by atoms with Crippen LogP contribution in [-0.4, -0.2) is 53.9 Å². The van der Waals surface area contributed by atoms with Gasteiger partial charge in [0.25, 0.3) is 5.69 Å². The van der Waals surface area contributed by atoms with Gasteiger partial charge in [-0.15, -0.1) is 0 Å². The molecule has 1 aromatic heterocycles. The van der Waals surface area contributed by atoms with Gasteiger partial charge in [0.15, 0.2) is 0 Å². The number of nitrogens with one attached hydrogen (secondary N) is 2. The smallest absolute Gasteiger partial charge is 0.270 e. The number of nitro benzene ring substituents is 1. The minimum atomic E-state index is -3.97. The van der Waals surface area contributed by atoms with Crippen LogP contribution < -0.4 is 5.32 Å². The fourth-order valence-corrected chi connectivity index (χ4v) is 5.30. The molecule has 0 saturated carbocycles. The fourth-order valence-electron chi connectivity index (χ4n) is 3.72. The Labute approximate surface area is 185 Å². The van der Waals surface area contributed by atoms with Crippen molar-refractivity contribution in [1.29, 1.82) is 0 Å². The lowest BCUT2D eigenvalue weighted by molar-refractivity contribution is -0.385. The number of morpholine rings is 1. The number of sulfonamides is 1. The van der Waals surface area contributed by atoms with Crippen molar-refractivity contribution < 1.29 is 18.1 Å². The summed E-state index contributed by atoms with van der Waals surface area (Å²) in [6.45, 7) is 4.94. The summed E-state index contributed by atoms with van der Waals surface area (Å²) in [4.78, 5) is 18.6. The van der Waals surface area contributed by atoms with Gasteiger partial charge in [0.05, 0.1) is 40.9 Å². The van der Waals surface area contributed by atoms with E-state index in [1.165, 1.54) is 16.4 Å². The molecule has 1 saturated heterocycles. The first-order valence-electron chi connectivity index (χ1n) is 10.3. The molecule has 0 amide bonds. The standard InChI is InChI=1S/C21H25N5O5S/c1-14(2)20(21-23-16-5-3-4-6-17(16)24-21)22-18-8-7-15(26(27)28)13-19(18)32(29,30)25-9-11-31-12-10-25/h3-8,13-14,20,22H,9-12H2,1-2H3,(H,23,24). The third kappa shape index (κ3) is 4.31. The second-order valence-corrected chi connectivity index (χ2v) is 9.87. The molecular weight excluding hydrogens is 434 g/mol. The molecule has 1 aliphatic heterocycles. The Morgan fingerprint density at radius 2 is 1.91 bits per heavy atom. The fraction of sp³-hybridized carbons (Fsp3) is 0.381. The molecule has 10 nitrogen and oxygen atoms in total. The van der Waals surface area contributed by atoms with Crippen molar-refractivity contribution in [3.8, 4) is 0 Å². The van der Waals surface area contributed by atoms with Crippen molar-refractivity contribution in [2.24, 2.45) is 5.92 Å². The van der Waals surface area contributed by atoms with E-state index in [4.69, 9.17) is 4.74 Å². The number of aromatic amines is 1. The molecule has 0 aliphatic carbocycles. The summed E-state index contributed by atoms with van der Waals surface area (Å²) in [6.07, 6.45) is 0. The summed E-state index contributed by atoms with van der Waals surface area (Å²) in [7, 11) is -3.97. The Bertz CT molecular complexity index is 1200. The Kier molecular flexibility index (Phi) is 6.13. The Morgan fingerprint density at radius 3 is 2.56 bits per heavy atom. The zero-order valence-corrected chi connectivity index (χ0v) is 18.6. The van der Waals surface area contributed by atoms with E-state index in [1.807, 2.05) is 38.1 Å². The highest BCUT2D eigenvalue weighted by atomic mass is 32.2. The number of nitrogens with zero attached hydrogens (tertiary/aromatic N) is 3. The average molecular weight is 460 g/mol. The second kappa shape index (κ2) is 8.85. The van der Waals surface area contributed by atoms with Crippen LogP contribution >= 0.6 is 0 Å². The molecule has 1 atom stereocenters. The topological polar surface area (TPSA) is 130 Å².